The largest absolute Gasteiger partial charge is 0.456 e. The SMILES string of the molecule is c1ccc(-c2nc(-c3cccc(-c4ccc(-c5c6c(cc7c(-c8ccccc8)nc8ccccc8c57)oc5ccccc56)cc4)c3)c3ccccc3n2)cc1. The molecule has 0 aliphatic carbocycles. The number of nitrogens with zero attached hydrogens (tertiary/aromatic N) is 3. The van der Waals surface area contributed by atoms with Crippen molar-refractivity contribution < 1.29 is 4.42 Å². The first-order valence-corrected chi connectivity index (χ1v) is 18.5. The third-order valence-electron chi connectivity index (χ3n) is 10.7. The molecule has 0 bridgehead atoms. The van der Waals surface area contributed by atoms with Crippen LogP contribution in [0.2, 0.25) is 0 Å². The Morgan fingerprint density at radius 3 is 1.67 bits per heavy atom. The lowest BCUT2D eigenvalue weighted by Gasteiger charge is -2.16. The van der Waals surface area contributed by atoms with E-state index in [4.69, 9.17) is 19.4 Å². The van der Waals surface area contributed by atoms with E-state index in [0.29, 0.717) is 0 Å². The summed E-state index contributed by atoms with van der Waals surface area (Å²) in [7, 11) is 0. The monoisotopic (exact) mass is 701 g/mol. The van der Waals surface area contributed by atoms with E-state index in [9.17, 15) is 0 Å². The molecule has 0 amide bonds. The molecule has 4 nitrogen and oxygen atoms in total. The van der Waals surface area contributed by atoms with Gasteiger partial charge in [0.05, 0.1) is 22.4 Å². The fourth-order valence-electron chi connectivity index (χ4n) is 8.11. The van der Waals surface area contributed by atoms with Crippen molar-refractivity contribution in [3.05, 3.63) is 188 Å². The first-order valence-electron chi connectivity index (χ1n) is 18.5. The van der Waals surface area contributed by atoms with E-state index in [1.807, 2.05) is 36.4 Å². The second-order valence-electron chi connectivity index (χ2n) is 13.9. The van der Waals surface area contributed by atoms with Crippen LogP contribution in [0.3, 0.4) is 0 Å². The molecule has 3 heterocycles. The van der Waals surface area contributed by atoms with Gasteiger partial charge in [-0.05, 0) is 47.0 Å². The summed E-state index contributed by atoms with van der Waals surface area (Å²) in [5.41, 5.74) is 13.1. The molecule has 8 aromatic carbocycles. The summed E-state index contributed by atoms with van der Waals surface area (Å²) < 4.78 is 6.60. The summed E-state index contributed by atoms with van der Waals surface area (Å²) in [5.74, 6) is 0.718. The van der Waals surface area contributed by atoms with Gasteiger partial charge in [-0.25, -0.2) is 15.0 Å². The van der Waals surface area contributed by atoms with E-state index < -0.39 is 0 Å². The zero-order valence-corrected chi connectivity index (χ0v) is 29.6. The molecule has 0 radical (unpaired) electrons. The van der Waals surface area contributed by atoms with Crippen molar-refractivity contribution in [1.29, 1.82) is 0 Å². The van der Waals surface area contributed by atoms with Gasteiger partial charge in [-0.15, -0.1) is 0 Å². The molecule has 0 aliphatic heterocycles. The van der Waals surface area contributed by atoms with E-state index >= 15 is 0 Å². The summed E-state index contributed by atoms with van der Waals surface area (Å²) in [5, 5.41) is 6.58. The molecular weight excluding hydrogens is 671 g/mol. The fourth-order valence-corrected chi connectivity index (χ4v) is 8.11. The maximum Gasteiger partial charge on any atom is 0.160 e. The van der Waals surface area contributed by atoms with Crippen LogP contribution in [-0.2, 0) is 0 Å². The standard InChI is InChI=1S/C51H31N3O/c1-3-14-34(15-4-1)49-41-31-45-48(40-22-9-12-25-44(40)55-45)46(47(41)38-20-7-10-23-42(38)52-49)33-28-26-32(27-29-33)36-18-13-19-37(30-36)50-39-21-8-11-24-43(39)53-51(54-50)35-16-5-2-6-17-35/h1-31H. The van der Waals surface area contributed by atoms with Gasteiger partial charge < -0.3 is 4.42 Å². The van der Waals surface area contributed by atoms with Gasteiger partial charge in [-0.3, -0.25) is 0 Å². The van der Waals surface area contributed by atoms with Crippen molar-refractivity contribution in [3.63, 3.8) is 0 Å². The quantitative estimate of drug-likeness (QED) is 0.168. The summed E-state index contributed by atoms with van der Waals surface area (Å²) in [6, 6.07) is 65.5. The number of pyridine rings is 1. The van der Waals surface area contributed by atoms with Crippen molar-refractivity contribution in [1.82, 2.24) is 15.0 Å². The summed E-state index contributed by atoms with van der Waals surface area (Å²) in [6.45, 7) is 0. The van der Waals surface area contributed by atoms with Gasteiger partial charge in [-0.2, -0.15) is 0 Å². The third-order valence-corrected chi connectivity index (χ3v) is 10.7. The van der Waals surface area contributed by atoms with Crippen LogP contribution in [0.1, 0.15) is 0 Å². The molecule has 0 fully saturated rings. The minimum atomic E-state index is 0.718. The van der Waals surface area contributed by atoms with Crippen molar-refractivity contribution in [2.24, 2.45) is 0 Å². The van der Waals surface area contributed by atoms with Crippen molar-refractivity contribution in [3.8, 4) is 56.2 Å². The number of rotatable bonds is 5. The van der Waals surface area contributed by atoms with E-state index in [0.717, 1.165) is 105 Å². The highest BCUT2D eigenvalue weighted by atomic mass is 16.3. The average Bonchev–Trinajstić information content (AvgIpc) is 3.64. The van der Waals surface area contributed by atoms with Crippen molar-refractivity contribution >= 4 is 54.5 Å². The minimum absolute atomic E-state index is 0.718. The Kier molecular flexibility index (Phi) is 7.14. The average molecular weight is 702 g/mol. The molecule has 0 saturated heterocycles. The summed E-state index contributed by atoms with van der Waals surface area (Å²) in [6.07, 6.45) is 0. The molecular formula is C51H31N3O. The maximum atomic E-state index is 6.60. The van der Waals surface area contributed by atoms with Gasteiger partial charge in [0.2, 0.25) is 0 Å². The molecule has 4 heteroatoms. The van der Waals surface area contributed by atoms with Crippen LogP contribution in [0.25, 0.3) is 111 Å². The van der Waals surface area contributed by atoms with Crippen LogP contribution >= 0.6 is 0 Å². The molecule has 55 heavy (non-hydrogen) atoms. The third kappa shape index (κ3) is 5.19. The summed E-state index contributed by atoms with van der Waals surface area (Å²) in [4.78, 5) is 15.3. The molecule has 3 aromatic heterocycles. The first kappa shape index (κ1) is 31.1. The number of hydrogen-bond acceptors (Lipinski definition) is 4. The fraction of sp³-hybridized carbons (Fsp3) is 0. The van der Waals surface area contributed by atoms with E-state index in [1.165, 1.54) is 5.39 Å². The summed E-state index contributed by atoms with van der Waals surface area (Å²) >= 11 is 0. The molecule has 11 aromatic rings. The van der Waals surface area contributed by atoms with Gasteiger partial charge in [0.15, 0.2) is 5.82 Å². The molecule has 0 unspecified atom stereocenters. The van der Waals surface area contributed by atoms with Crippen molar-refractivity contribution in [2.45, 2.75) is 0 Å². The van der Waals surface area contributed by atoms with Gasteiger partial charge >= 0.3 is 0 Å². The molecule has 0 N–H and O–H groups in total. The molecule has 0 saturated carbocycles. The molecule has 0 aliphatic rings. The highest BCUT2D eigenvalue weighted by Crippen LogP contribution is 2.46. The van der Waals surface area contributed by atoms with E-state index in [1.54, 1.807) is 0 Å². The predicted molar refractivity (Wildman–Crippen MR) is 227 cm³/mol. The van der Waals surface area contributed by atoms with Gasteiger partial charge in [0, 0.05) is 54.6 Å². The Bertz CT molecular complexity index is 3240. The maximum absolute atomic E-state index is 6.60. The van der Waals surface area contributed by atoms with Gasteiger partial charge in [0.1, 0.15) is 11.2 Å². The van der Waals surface area contributed by atoms with Crippen LogP contribution in [0.5, 0.6) is 0 Å². The van der Waals surface area contributed by atoms with Crippen LogP contribution in [0.15, 0.2) is 192 Å². The van der Waals surface area contributed by atoms with Crippen LogP contribution < -0.4 is 0 Å². The second kappa shape index (κ2) is 12.6. The minimum Gasteiger partial charge on any atom is -0.456 e. The highest BCUT2D eigenvalue weighted by molar-refractivity contribution is 6.27. The molecule has 11 rings (SSSR count). The molecule has 0 spiro atoms. The normalized spacial score (nSPS) is 11.6. The predicted octanol–water partition coefficient (Wildman–Crippen LogP) is 13.6. The first-order chi connectivity index (χ1) is 27.3. The lowest BCUT2D eigenvalue weighted by atomic mass is 9.89. The van der Waals surface area contributed by atoms with Crippen LogP contribution in [0, 0.1) is 0 Å². The molecule has 0 atom stereocenters. The lowest BCUT2D eigenvalue weighted by Crippen LogP contribution is -1.95. The van der Waals surface area contributed by atoms with Gasteiger partial charge in [0.25, 0.3) is 0 Å². The zero-order chi connectivity index (χ0) is 36.3. The van der Waals surface area contributed by atoms with Gasteiger partial charge in [-0.1, -0.05) is 158 Å². The number of aromatic nitrogens is 3. The Balaban J connectivity index is 1.11. The Morgan fingerprint density at radius 1 is 0.309 bits per heavy atom. The molecule has 256 valence electrons. The van der Waals surface area contributed by atoms with E-state index in [2.05, 4.69) is 152 Å². The lowest BCUT2D eigenvalue weighted by molar-refractivity contribution is 0.669. The number of benzene rings is 8. The number of furan rings is 1. The number of fused-ring (bicyclic) bond motifs is 7. The van der Waals surface area contributed by atoms with Crippen molar-refractivity contribution in [2.75, 3.05) is 0 Å². The Labute approximate surface area is 317 Å². The Morgan fingerprint density at radius 2 is 0.891 bits per heavy atom. The number of hydrogen-bond donors (Lipinski definition) is 0. The number of para-hydroxylation sites is 3. The topological polar surface area (TPSA) is 51.8 Å². The second-order valence-corrected chi connectivity index (χ2v) is 13.9. The van der Waals surface area contributed by atoms with E-state index in [-0.39, 0.29) is 0 Å². The Hall–Kier alpha value is -7.43. The van der Waals surface area contributed by atoms with Crippen LogP contribution in [0.4, 0.5) is 0 Å². The zero-order valence-electron chi connectivity index (χ0n) is 29.6. The highest BCUT2D eigenvalue weighted by Gasteiger charge is 2.22. The smallest absolute Gasteiger partial charge is 0.160 e. The van der Waals surface area contributed by atoms with Crippen LogP contribution in [-0.4, -0.2) is 15.0 Å².